The maximum absolute atomic E-state index is 6.44. The Kier molecular flexibility index (Phi) is 4.17. The standard InChI is InChI=1S/C25H23NOSi/c1-28(2)16-19-9-5-10-21-22-11-6-12-23(25(22)27-24(19)21)26-20-14-13-17-7-3-4-8-18(17)15-20/h3-15,26,28H,16H2,1-2H3. The van der Waals surface area contributed by atoms with E-state index >= 15 is 0 Å². The van der Waals surface area contributed by atoms with Crippen molar-refractivity contribution in [1.29, 1.82) is 0 Å². The second-order valence-electron chi connectivity index (χ2n) is 7.86. The molecule has 0 aliphatic heterocycles. The predicted octanol–water partition coefficient (Wildman–Crippen LogP) is 7.05. The first-order valence-electron chi connectivity index (χ1n) is 9.88. The van der Waals surface area contributed by atoms with Crippen molar-refractivity contribution in [2.24, 2.45) is 0 Å². The molecule has 0 amide bonds. The lowest BCUT2D eigenvalue weighted by atomic mass is 10.1. The van der Waals surface area contributed by atoms with Gasteiger partial charge in [0, 0.05) is 25.3 Å². The van der Waals surface area contributed by atoms with Gasteiger partial charge in [-0.2, -0.15) is 0 Å². The molecule has 1 N–H and O–H groups in total. The minimum absolute atomic E-state index is 0.718. The zero-order valence-electron chi connectivity index (χ0n) is 16.2. The van der Waals surface area contributed by atoms with Crippen molar-refractivity contribution in [3.63, 3.8) is 0 Å². The van der Waals surface area contributed by atoms with Gasteiger partial charge in [-0.05, 0) is 40.6 Å². The van der Waals surface area contributed by atoms with Gasteiger partial charge in [-0.3, -0.25) is 0 Å². The molecule has 2 nitrogen and oxygen atoms in total. The molecule has 5 aromatic rings. The van der Waals surface area contributed by atoms with Gasteiger partial charge < -0.3 is 9.73 Å². The Labute approximate surface area is 166 Å². The Morgan fingerprint density at radius 1 is 0.750 bits per heavy atom. The molecule has 0 atom stereocenters. The van der Waals surface area contributed by atoms with Gasteiger partial charge in [0.1, 0.15) is 5.58 Å². The third-order valence-electron chi connectivity index (χ3n) is 5.26. The van der Waals surface area contributed by atoms with Crippen LogP contribution in [0.15, 0.2) is 83.3 Å². The van der Waals surface area contributed by atoms with E-state index in [1.165, 1.54) is 27.1 Å². The molecule has 0 saturated heterocycles. The molecular formula is C25H23NOSi. The van der Waals surface area contributed by atoms with Crippen molar-refractivity contribution in [3.8, 4) is 0 Å². The zero-order valence-corrected chi connectivity index (χ0v) is 17.4. The number of hydrogen-bond donors (Lipinski definition) is 1. The molecule has 138 valence electrons. The molecule has 0 aliphatic carbocycles. The molecule has 3 heteroatoms. The summed E-state index contributed by atoms with van der Waals surface area (Å²) < 4.78 is 6.44. The molecule has 0 fully saturated rings. The first-order valence-corrected chi connectivity index (χ1v) is 13.0. The molecule has 0 aliphatic rings. The summed E-state index contributed by atoms with van der Waals surface area (Å²) in [5, 5.41) is 8.44. The number of hydrogen-bond acceptors (Lipinski definition) is 2. The third kappa shape index (κ3) is 2.98. The van der Waals surface area contributed by atoms with E-state index in [1.807, 2.05) is 0 Å². The Hall–Kier alpha value is -3.04. The van der Waals surface area contributed by atoms with Crippen LogP contribution < -0.4 is 5.32 Å². The Morgan fingerprint density at radius 3 is 2.32 bits per heavy atom. The van der Waals surface area contributed by atoms with Crippen LogP contribution in [0.2, 0.25) is 13.1 Å². The highest BCUT2D eigenvalue weighted by Crippen LogP contribution is 2.36. The summed E-state index contributed by atoms with van der Waals surface area (Å²) >= 11 is 0. The lowest BCUT2D eigenvalue weighted by Crippen LogP contribution is -2.05. The van der Waals surface area contributed by atoms with E-state index in [0.717, 1.165) is 28.6 Å². The second kappa shape index (κ2) is 6.84. The molecule has 0 unspecified atom stereocenters. The van der Waals surface area contributed by atoms with Crippen LogP contribution in [0.4, 0.5) is 11.4 Å². The maximum atomic E-state index is 6.44. The van der Waals surface area contributed by atoms with Crippen molar-refractivity contribution >= 4 is 52.9 Å². The van der Waals surface area contributed by atoms with Crippen LogP contribution in [0.25, 0.3) is 32.7 Å². The molecule has 0 saturated carbocycles. The van der Waals surface area contributed by atoms with Crippen LogP contribution in [0.5, 0.6) is 0 Å². The van der Waals surface area contributed by atoms with Crippen molar-refractivity contribution in [3.05, 3.63) is 84.4 Å². The average molecular weight is 382 g/mol. The highest BCUT2D eigenvalue weighted by molar-refractivity contribution is 6.55. The number of furan rings is 1. The largest absolute Gasteiger partial charge is 0.454 e. The van der Waals surface area contributed by atoms with Crippen molar-refractivity contribution in [2.75, 3.05) is 5.32 Å². The van der Waals surface area contributed by atoms with Gasteiger partial charge >= 0.3 is 0 Å². The summed E-state index contributed by atoms with van der Waals surface area (Å²) in [6.45, 7) is 4.77. The summed E-state index contributed by atoms with van der Waals surface area (Å²) in [7, 11) is -0.718. The van der Waals surface area contributed by atoms with Crippen LogP contribution in [-0.2, 0) is 6.04 Å². The van der Waals surface area contributed by atoms with Crippen molar-refractivity contribution in [1.82, 2.24) is 0 Å². The van der Waals surface area contributed by atoms with E-state index in [2.05, 4.69) is 97.3 Å². The van der Waals surface area contributed by atoms with Gasteiger partial charge in [0.15, 0.2) is 5.58 Å². The molecule has 5 rings (SSSR count). The Morgan fingerprint density at radius 2 is 1.50 bits per heavy atom. The fourth-order valence-corrected chi connectivity index (χ4v) is 5.20. The summed E-state index contributed by atoms with van der Waals surface area (Å²) in [5.41, 5.74) is 5.40. The van der Waals surface area contributed by atoms with Crippen molar-refractivity contribution in [2.45, 2.75) is 19.1 Å². The maximum Gasteiger partial charge on any atom is 0.158 e. The van der Waals surface area contributed by atoms with E-state index in [-0.39, 0.29) is 0 Å². The zero-order chi connectivity index (χ0) is 19.1. The summed E-state index contributed by atoms with van der Waals surface area (Å²) in [6, 6.07) is 29.0. The lowest BCUT2D eigenvalue weighted by Gasteiger charge is -2.08. The van der Waals surface area contributed by atoms with Gasteiger partial charge in [-0.15, -0.1) is 0 Å². The molecule has 28 heavy (non-hydrogen) atoms. The summed E-state index contributed by atoms with van der Waals surface area (Å²) in [5.74, 6) is 0. The smallest absolute Gasteiger partial charge is 0.158 e. The van der Waals surface area contributed by atoms with Crippen molar-refractivity contribution < 1.29 is 4.42 Å². The first kappa shape index (κ1) is 17.1. The van der Waals surface area contributed by atoms with E-state index < -0.39 is 8.80 Å². The van der Waals surface area contributed by atoms with E-state index in [9.17, 15) is 0 Å². The minimum atomic E-state index is -0.718. The van der Waals surface area contributed by atoms with Crippen LogP contribution in [0.3, 0.4) is 0 Å². The first-order chi connectivity index (χ1) is 13.7. The normalized spacial score (nSPS) is 11.7. The van der Waals surface area contributed by atoms with Gasteiger partial charge in [-0.25, -0.2) is 0 Å². The topological polar surface area (TPSA) is 25.2 Å². The van der Waals surface area contributed by atoms with Gasteiger partial charge in [0.25, 0.3) is 0 Å². The number of fused-ring (bicyclic) bond motifs is 4. The monoisotopic (exact) mass is 381 g/mol. The van der Waals surface area contributed by atoms with Crippen LogP contribution in [0.1, 0.15) is 5.56 Å². The molecule has 1 heterocycles. The number of para-hydroxylation sites is 2. The lowest BCUT2D eigenvalue weighted by molar-refractivity contribution is 0.666. The van der Waals surface area contributed by atoms with E-state index in [4.69, 9.17) is 4.42 Å². The SMILES string of the molecule is C[SiH](C)Cc1cccc2c1oc1c(Nc3ccc4ccccc4c3)cccc12. The van der Waals surface area contributed by atoms with Crippen LogP contribution in [0, 0.1) is 0 Å². The van der Waals surface area contributed by atoms with Crippen LogP contribution in [-0.4, -0.2) is 8.80 Å². The number of anilines is 2. The Bertz CT molecular complexity index is 1300. The second-order valence-corrected chi connectivity index (χ2v) is 11.1. The summed E-state index contributed by atoms with van der Waals surface area (Å²) in [4.78, 5) is 0. The third-order valence-corrected chi connectivity index (χ3v) is 6.52. The number of rotatable bonds is 4. The Balaban J connectivity index is 1.62. The molecule has 0 bridgehead atoms. The highest BCUT2D eigenvalue weighted by atomic mass is 28.3. The fraction of sp³-hybridized carbons (Fsp3) is 0.120. The van der Waals surface area contributed by atoms with E-state index in [0.29, 0.717) is 0 Å². The predicted molar refractivity (Wildman–Crippen MR) is 124 cm³/mol. The number of benzene rings is 4. The highest BCUT2D eigenvalue weighted by Gasteiger charge is 2.14. The summed E-state index contributed by atoms with van der Waals surface area (Å²) in [6.07, 6.45) is 0. The fourth-order valence-electron chi connectivity index (χ4n) is 4.00. The molecule has 0 radical (unpaired) electrons. The minimum Gasteiger partial charge on any atom is -0.454 e. The van der Waals surface area contributed by atoms with Gasteiger partial charge in [0.2, 0.25) is 0 Å². The number of nitrogens with one attached hydrogen (secondary N) is 1. The van der Waals surface area contributed by atoms with E-state index in [1.54, 1.807) is 0 Å². The molecule has 4 aromatic carbocycles. The molecule has 1 aromatic heterocycles. The van der Waals surface area contributed by atoms with Gasteiger partial charge in [-0.1, -0.05) is 73.8 Å². The molecule has 0 spiro atoms. The van der Waals surface area contributed by atoms with Gasteiger partial charge in [0.05, 0.1) is 5.69 Å². The van der Waals surface area contributed by atoms with Crippen LogP contribution >= 0.6 is 0 Å². The average Bonchev–Trinajstić information content (AvgIpc) is 3.09. The molecular weight excluding hydrogens is 358 g/mol. The quantitative estimate of drug-likeness (QED) is 0.337.